The van der Waals surface area contributed by atoms with Crippen LogP contribution in [0.2, 0.25) is 0 Å². The molecule has 5 nitrogen and oxygen atoms in total. The van der Waals surface area contributed by atoms with Gasteiger partial charge in [-0.05, 0) is 36.2 Å². The highest BCUT2D eigenvalue weighted by Gasteiger charge is 2.31. The molecule has 0 bridgehead atoms. The summed E-state index contributed by atoms with van der Waals surface area (Å²) in [5.74, 6) is 1.97. The number of hydrogen-bond acceptors (Lipinski definition) is 5. The maximum Gasteiger partial charge on any atom is 0.184 e. The van der Waals surface area contributed by atoms with Gasteiger partial charge in [0.25, 0.3) is 0 Å². The van der Waals surface area contributed by atoms with Crippen LogP contribution in [-0.4, -0.2) is 33.5 Å². The lowest BCUT2D eigenvalue weighted by atomic mass is 9.99. The predicted molar refractivity (Wildman–Crippen MR) is 112 cm³/mol. The maximum absolute atomic E-state index is 6.16. The van der Waals surface area contributed by atoms with Gasteiger partial charge in [0.2, 0.25) is 0 Å². The molecule has 1 heterocycles. The Balaban J connectivity index is 1.44. The van der Waals surface area contributed by atoms with Crippen LogP contribution in [0.25, 0.3) is 0 Å². The second kappa shape index (κ2) is 11.0. The van der Waals surface area contributed by atoms with E-state index >= 15 is 0 Å². The van der Waals surface area contributed by atoms with Crippen LogP contribution in [0, 0.1) is 5.92 Å². The van der Waals surface area contributed by atoms with Gasteiger partial charge in [-0.25, -0.2) is 0 Å². The first-order chi connectivity index (χ1) is 14.2. The number of methoxy groups -OCH3 is 2. The van der Waals surface area contributed by atoms with Gasteiger partial charge in [-0.15, -0.1) is 0 Å². The third-order valence-corrected chi connectivity index (χ3v) is 5.07. The molecule has 3 rings (SSSR count). The van der Waals surface area contributed by atoms with Gasteiger partial charge in [-0.3, -0.25) is 0 Å². The topological polar surface area (TPSA) is 46.2 Å². The molecule has 0 radical (unpaired) electrons. The summed E-state index contributed by atoms with van der Waals surface area (Å²) in [6.45, 7) is 3.90. The fourth-order valence-corrected chi connectivity index (χ4v) is 3.30. The molecule has 2 aromatic carbocycles. The molecule has 3 atom stereocenters. The molecule has 1 saturated heterocycles. The standard InChI is InChI=1S/C24H30O5/c1-4-19(6-5-15-27-16-18-7-11-21(25-2)12-8-18)23-17-28-24(29-23)20-9-13-22(26-3)14-10-20/h5-14,19,23-24H,4,15-17H2,1-3H3/b6-5+/t19-,23-,24?/m0/s1. The fourth-order valence-electron chi connectivity index (χ4n) is 3.30. The molecule has 0 saturated carbocycles. The first-order valence-electron chi connectivity index (χ1n) is 10.0. The van der Waals surface area contributed by atoms with Crippen LogP contribution < -0.4 is 9.47 Å². The van der Waals surface area contributed by atoms with E-state index in [0.717, 1.165) is 29.0 Å². The fraction of sp³-hybridized carbons (Fsp3) is 0.417. The zero-order chi connectivity index (χ0) is 20.5. The van der Waals surface area contributed by atoms with Crippen molar-refractivity contribution >= 4 is 0 Å². The Hall–Kier alpha value is -2.34. The molecular weight excluding hydrogens is 368 g/mol. The molecule has 0 aliphatic carbocycles. The summed E-state index contributed by atoms with van der Waals surface area (Å²) < 4.78 is 28.1. The Kier molecular flexibility index (Phi) is 8.11. The van der Waals surface area contributed by atoms with E-state index in [1.54, 1.807) is 14.2 Å². The van der Waals surface area contributed by atoms with Crippen molar-refractivity contribution in [3.63, 3.8) is 0 Å². The third kappa shape index (κ3) is 6.07. The van der Waals surface area contributed by atoms with Gasteiger partial charge in [-0.2, -0.15) is 0 Å². The summed E-state index contributed by atoms with van der Waals surface area (Å²) in [6.07, 6.45) is 4.96. The molecule has 156 valence electrons. The summed E-state index contributed by atoms with van der Waals surface area (Å²) in [7, 11) is 3.32. The van der Waals surface area contributed by atoms with Crippen molar-refractivity contribution in [3.8, 4) is 11.5 Å². The largest absolute Gasteiger partial charge is 0.497 e. The van der Waals surface area contributed by atoms with Gasteiger partial charge >= 0.3 is 0 Å². The molecule has 1 fully saturated rings. The van der Waals surface area contributed by atoms with Gasteiger partial charge in [0.05, 0.1) is 40.1 Å². The Labute approximate surface area is 173 Å². The zero-order valence-electron chi connectivity index (χ0n) is 17.4. The lowest BCUT2D eigenvalue weighted by Gasteiger charge is -2.18. The van der Waals surface area contributed by atoms with Crippen LogP contribution in [0.1, 0.15) is 30.8 Å². The summed E-state index contributed by atoms with van der Waals surface area (Å²) in [6, 6.07) is 15.7. The average Bonchev–Trinajstić information content (AvgIpc) is 3.26. The van der Waals surface area contributed by atoms with E-state index in [4.69, 9.17) is 23.7 Å². The summed E-state index contributed by atoms with van der Waals surface area (Å²) in [5, 5.41) is 0. The van der Waals surface area contributed by atoms with E-state index in [2.05, 4.69) is 19.1 Å². The maximum atomic E-state index is 6.16. The molecule has 1 aliphatic heterocycles. The number of ether oxygens (including phenoxy) is 5. The first kappa shape index (κ1) is 21.4. The number of benzene rings is 2. The molecule has 5 heteroatoms. The molecule has 2 aromatic rings. The smallest absolute Gasteiger partial charge is 0.184 e. The van der Waals surface area contributed by atoms with Crippen molar-refractivity contribution in [2.45, 2.75) is 32.3 Å². The predicted octanol–water partition coefficient (Wildman–Crippen LogP) is 4.92. The van der Waals surface area contributed by atoms with Gasteiger partial charge in [0.15, 0.2) is 6.29 Å². The molecule has 0 N–H and O–H groups in total. The van der Waals surface area contributed by atoms with E-state index in [1.807, 2.05) is 48.5 Å². The van der Waals surface area contributed by atoms with Gasteiger partial charge in [0, 0.05) is 11.5 Å². The van der Waals surface area contributed by atoms with Crippen molar-refractivity contribution in [2.75, 3.05) is 27.4 Å². The van der Waals surface area contributed by atoms with Crippen LogP contribution in [-0.2, 0) is 20.8 Å². The second-order valence-electron chi connectivity index (χ2n) is 6.98. The number of rotatable bonds is 10. The van der Waals surface area contributed by atoms with Gasteiger partial charge < -0.3 is 23.7 Å². The monoisotopic (exact) mass is 398 g/mol. The highest BCUT2D eigenvalue weighted by molar-refractivity contribution is 5.28. The van der Waals surface area contributed by atoms with Crippen molar-refractivity contribution in [3.05, 3.63) is 71.8 Å². The normalized spacial score (nSPS) is 20.1. The average molecular weight is 398 g/mol. The highest BCUT2D eigenvalue weighted by atomic mass is 16.7. The van der Waals surface area contributed by atoms with Crippen molar-refractivity contribution in [1.82, 2.24) is 0 Å². The molecule has 1 unspecified atom stereocenters. The first-order valence-corrected chi connectivity index (χ1v) is 10.0. The van der Waals surface area contributed by atoms with E-state index in [-0.39, 0.29) is 12.4 Å². The molecular formula is C24H30O5. The van der Waals surface area contributed by atoms with Crippen LogP contribution in [0.15, 0.2) is 60.7 Å². The third-order valence-electron chi connectivity index (χ3n) is 5.07. The summed E-state index contributed by atoms with van der Waals surface area (Å²) in [5.41, 5.74) is 2.14. The minimum Gasteiger partial charge on any atom is -0.497 e. The lowest BCUT2D eigenvalue weighted by Crippen LogP contribution is -2.20. The molecule has 0 amide bonds. The Bertz CT molecular complexity index is 754. The molecule has 1 aliphatic rings. The van der Waals surface area contributed by atoms with E-state index in [9.17, 15) is 0 Å². The Morgan fingerprint density at radius 1 is 1.00 bits per heavy atom. The van der Waals surface area contributed by atoms with Gasteiger partial charge in [0.1, 0.15) is 11.5 Å². The quantitative estimate of drug-likeness (QED) is 0.420. The second-order valence-corrected chi connectivity index (χ2v) is 6.98. The molecule has 0 spiro atoms. The van der Waals surface area contributed by atoms with E-state index in [1.165, 1.54) is 0 Å². The summed E-state index contributed by atoms with van der Waals surface area (Å²) >= 11 is 0. The van der Waals surface area contributed by atoms with Crippen molar-refractivity contribution < 1.29 is 23.7 Å². The Morgan fingerprint density at radius 2 is 1.66 bits per heavy atom. The van der Waals surface area contributed by atoms with Crippen LogP contribution >= 0.6 is 0 Å². The molecule has 29 heavy (non-hydrogen) atoms. The van der Waals surface area contributed by atoms with Crippen molar-refractivity contribution in [1.29, 1.82) is 0 Å². The van der Waals surface area contributed by atoms with Gasteiger partial charge in [-0.1, -0.05) is 43.3 Å². The summed E-state index contributed by atoms with van der Waals surface area (Å²) in [4.78, 5) is 0. The van der Waals surface area contributed by atoms with E-state index < -0.39 is 0 Å². The molecule has 0 aromatic heterocycles. The van der Waals surface area contributed by atoms with Crippen LogP contribution in [0.5, 0.6) is 11.5 Å². The highest BCUT2D eigenvalue weighted by Crippen LogP contribution is 2.32. The SMILES string of the molecule is CC[C@@H](/C=C/COCc1ccc(OC)cc1)[C@@H]1COC(c2ccc(OC)cc2)O1. The minimum atomic E-state index is -0.320. The minimum absolute atomic E-state index is 0.0462. The van der Waals surface area contributed by atoms with Crippen molar-refractivity contribution in [2.24, 2.45) is 5.92 Å². The van der Waals surface area contributed by atoms with Crippen LogP contribution in [0.4, 0.5) is 0 Å². The van der Waals surface area contributed by atoms with Crippen LogP contribution in [0.3, 0.4) is 0 Å². The van der Waals surface area contributed by atoms with E-state index in [0.29, 0.717) is 25.7 Å². The lowest BCUT2D eigenvalue weighted by molar-refractivity contribution is -0.0665. The zero-order valence-corrected chi connectivity index (χ0v) is 17.4. The Morgan fingerprint density at radius 3 is 2.28 bits per heavy atom. The number of hydrogen-bond donors (Lipinski definition) is 0.